The molecule has 0 fully saturated rings. The van der Waals surface area contributed by atoms with Gasteiger partial charge in [-0.2, -0.15) is 0 Å². The average molecular weight is 436 g/mol. The normalized spacial score (nSPS) is 13.8. The summed E-state index contributed by atoms with van der Waals surface area (Å²) < 4.78 is 0. The van der Waals surface area contributed by atoms with Gasteiger partial charge in [-0.3, -0.25) is 4.98 Å². The largest absolute Gasteiger partial charge is 0.370 e. The Morgan fingerprint density at radius 3 is 2.88 bits per heavy atom. The first kappa shape index (κ1) is 18.7. The van der Waals surface area contributed by atoms with Crippen LogP contribution in [0.3, 0.4) is 0 Å². The first-order valence-corrected chi connectivity index (χ1v) is 8.38. The summed E-state index contributed by atoms with van der Waals surface area (Å²) in [5.74, 6) is 0.428. The van der Waals surface area contributed by atoms with E-state index in [1.165, 1.54) is 29.7 Å². The highest BCUT2D eigenvalue weighted by molar-refractivity contribution is 14.0. The third-order valence-electron chi connectivity index (χ3n) is 4.25. The fourth-order valence-corrected chi connectivity index (χ4v) is 2.94. The van der Waals surface area contributed by atoms with Crippen LogP contribution in [0.4, 0.5) is 5.69 Å². The number of hydrogen-bond acceptors (Lipinski definition) is 2. The number of benzene rings is 1. The van der Waals surface area contributed by atoms with Gasteiger partial charge >= 0.3 is 0 Å². The minimum absolute atomic E-state index is 0. The first-order valence-electron chi connectivity index (χ1n) is 8.38. The summed E-state index contributed by atoms with van der Waals surface area (Å²) in [7, 11) is 0. The highest BCUT2D eigenvalue weighted by Crippen LogP contribution is 2.19. The molecule has 2 aromatic rings. The van der Waals surface area contributed by atoms with Crippen molar-refractivity contribution in [1.82, 2.24) is 4.98 Å². The number of pyridine rings is 1. The van der Waals surface area contributed by atoms with Crippen LogP contribution in [0, 0.1) is 0 Å². The van der Waals surface area contributed by atoms with Gasteiger partial charge in [0, 0.05) is 11.4 Å². The van der Waals surface area contributed by atoms with Crippen molar-refractivity contribution >= 4 is 35.6 Å². The van der Waals surface area contributed by atoms with Crippen molar-refractivity contribution in [2.75, 3.05) is 5.32 Å². The molecule has 5 heteroatoms. The number of halogens is 1. The van der Waals surface area contributed by atoms with Gasteiger partial charge in [0.05, 0.1) is 12.2 Å². The van der Waals surface area contributed by atoms with Crippen LogP contribution in [0.2, 0.25) is 0 Å². The van der Waals surface area contributed by atoms with Crippen molar-refractivity contribution in [3.8, 4) is 0 Å². The maximum atomic E-state index is 5.99. The van der Waals surface area contributed by atoms with Crippen LogP contribution in [0.25, 0.3) is 0 Å². The van der Waals surface area contributed by atoms with Crippen LogP contribution < -0.4 is 11.1 Å². The number of hydrogen-bond donors (Lipinski definition) is 2. The SMILES string of the molecule is CCc1cccc(NC(N)=NCc2ccc3c(n2)CCCC3)c1.I. The molecule has 0 aliphatic heterocycles. The molecule has 0 saturated heterocycles. The molecule has 1 aromatic heterocycles. The van der Waals surface area contributed by atoms with Crippen LogP contribution in [0.15, 0.2) is 41.4 Å². The van der Waals surface area contributed by atoms with E-state index >= 15 is 0 Å². The zero-order chi connectivity index (χ0) is 16.1. The van der Waals surface area contributed by atoms with Crippen LogP contribution in [0.5, 0.6) is 0 Å². The van der Waals surface area contributed by atoms with Gasteiger partial charge in [0.15, 0.2) is 5.96 Å². The standard InChI is InChI=1S/C19H24N4.HI/c1-2-14-6-5-8-16(12-14)23-19(20)21-13-17-11-10-15-7-3-4-9-18(15)22-17;/h5-6,8,10-12H,2-4,7,9,13H2,1H3,(H3,20,21,23);1H. The van der Waals surface area contributed by atoms with Crippen molar-refractivity contribution < 1.29 is 0 Å². The van der Waals surface area contributed by atoms with Gasteiger partial charge in [0.25, 0.3) is 0 Å². The second kappa shape index (κ2) is 9.01. The van der Waals surface area contributed by atoms with Crippen molar-refractivity contribution in [3.63, 3.8) is 0 Å². The zero-order valence-corrected chi connectivity index (χ0v) is 16.4. The van der Waals surface area contributed by atoms with Crippen molar-refractivity contribution in [2.45, 2.75) is 45.6 Å². The van der Waals surface area contributed by atoms with Gasteiger partial charge in [0.2, 0.25) is 0 Å². The summed E-state index contributed by atoms with van der Waals surface area (Å²) in [5, 5.41) is 3.15. The Hall–Kier alpha value is -1.63. The second-order valence-electron chi connectivity index (χ2n) is 6.00. The molecule has 24 heavy (non-hydrogen) atoms. The van der Waals surface area contributed by atoms with Gasteiger partial charge in [-0.15, -0.1) is 24.0 Å². The quantitative estimate of drug-likeness (QED) is 0.432. The Labute approximate surface area is 161 Å². The summed E-state index contributed by atoms with van der Waals surface area (Å²) in [6, 6.07) is 12.5. The van der Waals surface area contributed by atoms with Crippen LogP contribution in [0.1, 0.15) is 42.3 Å². The topological polar surface area (TPSA) is 63.3 Å². The van der Waals surface area contributed by atoms with Crippen molar-refractivity contribution in [1.29, 1.82) is 0 Å². The molecule has 0 saturated carbocycles. The smallest absolute Gasteiger partial charge is 0.193 e. The zero-order valence-electron chi connectivity index (χ0n) is 14.1. The molecule has 0 unspecified atom stereocenters. The molecular weight excluding hydrogens is 411 g/mol. The Kier molecular flexibility index (Phi) is 7.02. The van der Waals surface area contributed by atoms with Gasteiger partial charge in [0.1, 0.15) is 0 Å². The molecular formula is C19H25IN4. The molecule has 1 aliphatic rings. The van der Waals surface area contributed by atoms with E-state index < -0.39 is 0 Å². The van der Waals surface area contributed by atoms with E-state index in [2.05, 4.69) is 41.5 Å². The molecule has 0 radical (unpaired) electrons. The third-order valence-corrected chi connectivity index (χ3v) is 4.25. The monoisotopic (exact) mass is 436 g/mol. The Morgan fingerprint density at radius 2 is 2.04 bits per heavy atom. The molecule has 3 rings (SSSR count). The number of nitrogens with zero attached hydrogens (tertiary/aromatic N) is 2. The molecule has 1 aliphatic carbocycles. The Balaban J connectivity index is 0.00000208. The lowest BCUT2D eigenvalue weighted by Crippen LogP contribution is -2.22. The third kappa shape index (κ3) is 4.93. The van der Waals surface area contributed by atoms with Gasteiger partial charge in [-0.1, -0.05) is 25.1 Å². The van der Waals surface area contributed by atoms with E-state index in [0.717, 1.165) is 30.6 Å². The molecule has 128 valence electrons. The number of guanidine groups is 1. The minimum Gasteiger partial charge on any atom is -0.370 e. The fourth-order valence-electron chi connectivity index (χ4n) is 2.94. The van der Waals surface area contributed by atoms with E-state index in [1.807, 2.05) is 12.1 Å². The molecule has 1 heterocycles. The van der Waals surface area contributed by atoms with Crippen LogP contribution in [-0.4, -0.2) is 10.9 Å². The molecule has 1 aromatic carbocycles. The summed E-state index contributed by atoms with van der Waals surface area (Å²) in [6.45, 7) is 2.65. The molecule has 0 amide bonds. The minimum atomic E-state index is 0. The van der Waals surface area contributed by atoms with Gasteiger partial charge in [-0.05, 0) is 61.4 Å². The van der Waals surface area contributed by atoms with E-state index in [-0.39, 0.29) is 24.0 Å². The van der Waals surface area contributed by atoms with E-state index in [0.29, 0.717) is 12.5 Å². The molecule has 3 N–H and O–H groups in total. The van der Waals surface area contributed by atoms with Crippen LogP contribution in [-0.2, 0) is 25.8 Å². The number of nitrogens with two attached hydrogens (primary N) is 1. The highest BCUT2D eigenvalue weighted by atomic mass is 127. The predicted molar refractivity (Wildman–Crippen MR) is 111 cm³/mol. The second-order valence-corrected chi connectivity index (χ2v) is 6.00. The molecule has 0 atom stereocenters. The summed E-state index contributed by atoms with van der Waals surface area (Å²) >= 11 is 0. The van der Waals surface area contributed by atoms with Crippen molar-refractivity contribution in [3.05, 3.63) is 58.9 Å². The van der Waals surface area contributed by atoms with Gasteiger partial charge < -0.3 is 11.1 Å². The van der Waals surface area contributed by atoms with E-state index in [4.69, 9.17) is 10.7 Å². The van der Waals surface area contributed by atoms with E-state index in [1.54, 1.807) is 0 Å². The first-order chi connectivity index (χ1) is 11.2. The Bertz CT molecular complexity index is 712. The van der Waals surface area contributed by atoms with Gasteiger partial charge in [-0.25, -0.2) is 4.99 Å². The number of aliphatic imine (C=N–C) groups is 1. The van der Waals surface area contributed by atoms with Crippen LogP contribution >= 0.6 is 24.0 Å². The number of fused-ring (bicyclic) bond motifs is 1. The molecule has 0 bridgehead atoms. The summed E-state index contributed by atoms with van der Waals surface area (Å²) in [4.78, 5) is 9.14. The number of anilines is 1. The fraction of sp³-hybridized carbons (Fsp3) is 0.368. The lowest BCUT2D eigenvalue weighted by atomic mass is 9.96. The van der Waals surface area contributed by atoms with E-state index in [9.17, 15) is 0 Å². The highest BCUT2D eigenvalue weighted by Gasteiger charge is 2.10. The number of aryl methyl sites for hydroxylation is 3. The lowest BCUT2D eigenvalue weighted by molar-refractivity contribution is 0.663. The maximum Gasteiger partial charge on any atom is 0.193 e. The molecule has 0 spiro atoms. The van der Waals surface area contributed by atoms with Crippen molar-refractivity contribution in [2.24, 2.45) is 10.7 Å². The summed E-state index contributed by atoms with van der Waals surface area (Å²) in [6.07, 6.45) is 5.77. The Morgan fingerprint density at radius 1 is 1.21 bits per heavy atom. The number of nitrogens with one attached hydrogen (secondary N) is 1. The predicted octanol–water partition coefficient (Wildman–Crippen LogP) is 4.07. The summed E-state index contributed by atoms with van der Waals surface area (Å²) in [5.41, 5.74) is 11.9. The molecule has 4 nitrogen and oxygen atoms in total. The maximum absolute atomic E-state index is 5.99. The lowest BCUT2D eigenvalue weighted by Gasteiger charge is -2.15. The average Bonchev–Trinajstić information content (AvgIpc) is 2.60. The number of aromatic nitrogens is 1. The number of rotatable bonds is 4.